The fraction of sp³-hybridized carbons (Fsp3) is 0.348. The van der Waals surface area contributed by atoms with Gasteiger partial charge in [0, 0.05) is 37.3 Å². The molecule has 1 atom stereocenters. The van der Waals surface area contributed by atoms with E-state index in [1.54, 1.807) is 0 Å². The van der Waals surface area contributed by atoms with Gasteiger partial charge in [-0.1, -0.05) is 54.1 Å². The van der Waals surface area contributed by atoms with Crippen LogP contribution in [0.5, 0.6) is 0 Å². The van der Waals surface area contributed by atoms with Crippen LogP contribution in [0, 0.1) is 6.92 Å². The number of benzene rings is 2. The van der Waals surface area contributed by atoms with E-state index in [-0.39, 0.29) is 11.4 Å². The maximum Gasteiger partial charge on any atom is 0.253 e. The lowest BCUT2D eigenvalue weighted by molar-refractivity contribution is 0.00613. The molecule has 0 aliphatic carbocycles. The smallest absolute Gasteiger partial charge is 0.253 e. The van der Waals surface area contributed by atoms with Crippen molar-refractivity contribution in [2.45, 2.75) is 32.4 Å². The Balaban J connectivity index is 1.76. The van der Waals surface area contributed by atoms with E-state index in [2.05, 4.69) is 42.7 Å². The first-order valence-corrected chi connectivity index (χ1v) is 9.28. The number of aryl methyl sites for hydroxylation is 1. The Morgan fingerprint density at radius 1 is 1.12 bits per heavy atom. The Bertz CT molecular complexity index is 754. The minimum Gasteiger partial charge on any atom is -0.336 e. The number of hydrogen-bond acceptors (Lipinski definition) is 2. The molecular formula is C23H28N2O. The minimum atomic E-state index is -0.101. The molecule has 1 heterocycles. The van der Waals surface area contributed by atoms with Gasteiger partial charge in [0.2, 0.25) is 0 Å². The molecule has 1 aliphatic heterocycles. The van der Waals surface area contributed by atoms with Crippen molar-refractivity contribution in [3.63, 3.8) is 0 Å². The number of piperazine rings is 1. The average Bonchev–Trinajstić information content (AvgIpc) is 2.64. The Morgan fingerprint density at radius 3 is 2.46 bits per heavy atom. The first-order chi connectivity index (χ1) is 12.5. The topological polar surface area (TPSA) is 23.6 Å². The van der Waals surface area contributed by atoms with Crippen LogP contribution in [-0.4, -0.2) is 40.9 Å². The Kier molecular flexibility index (Phi) is 5.58. The van der Waals surface area contributed by atoms with Crippen LogP contribution in [0.25, 0.3) is 0 Å². The highest BCUT2D eigenvalue weighted by molar-refractivity contribution is 5.94. The fourth-order valence-electron chi connectivity index (χ4n) is 3.73. The third-order valence-electron chi connectivity index (χ3n) is 5.32. The summed E-state index contributed by atoms with van der Waals surface area (Å²) in [6, 6.07) is 18.4. The van der Waals surface area contributed by atoms with E-state index < -0.39 is 0 Å². The third-order valence-corrected chi connectivity index (χ3v) is 5.32. The first kappa shape index (κ1) is 18.4. The maximum atomic E-state index is 12.9. The summed E-state index contributed by atoms with van der Waals surface area (Å²) in [6.45, 7) is 11.5. The average molecular weight is 348 g/mol. The first-order valence-electron chi connectivity index (χ1n) is 9.28. The molecule has 0 radical (unpaired) electrons. The molecule has 3 rings (SSSR count). The zero-order valence-corrected chi connectivity index (χ0v) is 15.8. The van der Waals surface area contributed by atoms with Crippen LogP contribution in [0.3, 0.4) is 0 Å². The summed E-state index contributed by atoms with van der Waals surface area (Å²) in [4.78, 5) is 17.4. The highest BCUT2D eigenvalue weighted by atomic mass is 16.2. The van der Waals surface area contributed by atoms with E-state index in [0.717, 1.165) is 38.2 Å². The quantitative estimate of drug-likeness (QED) is 0.753. The monoisotopic (exact) mass is 348 g/mol. The standard InChI is InChI=1S/C23H28N2O/c1-4-14-23(3)18-24(22(26)21-12-10-19(2)11-13-21)15-16-25(23)17-20-8-6-5-7-9-20/h4-13H,1,14-18H2,2-3H3/t23-/m0/s1. The molecule has 0 aromatic heterocycles. The van der Waals surface area contributed by atoms with Gasteiger partial charge >= 0.3 is 0 Å². The van der Waals surface area contributed by atoms with Crippen molar-refractivity contribution in [2.24, 2.45) is 0 Å². The number of carbonyl (C=O) groups is 1. The molecule has 3 nitrogen and oxygen atoms in total. The van der Waals surface area contributed by atoms with Crippen LogP contribution in [-0.2, 0) is 6.54 Å². The van der Waals surface area contributed by atoms with Gasteiger partial charge in [-0.2, -0.15) is 0 Å². The van der Waals surface area contributed by atoms with E-state index in [9.17, 15) is 4.79 Å². The summed E-state index contributed by atoms with van der Waals surface area (Å²) in [5, 5.41) is 0. The second-order valence-electron chi connectivity index (χ2n) is 7.49. The largest absolute Gasteiger partial charge is 0.336 e. The maximum absolute atomic E-state index is 12.9. The summed E-state index contributed by atoms with van der Waals surface area (Å²) in [5.74, 6) is 0.125. The highest BCUT2D eigenvalue weighted by Gasteiger charge is 2.38. The molecule has 0 bridgehead atoms. The molecule has 0 saturated carbocycles. The minimum absolute atomic E-state index is 0.101. The molecule has 3 heteroatoms. The molecule has 1 aliphatic rings. The SMILES string of the molecule is C=CC[C@@]1(C)CN(C(=O)c2ccc(C)cc2)CCN1Cc1ccccc1. The van der Waals surface area contributed by atoms with Gasteiger partial charge in [0.05, 0.1) is 0 Å². The van der Waals surface area contributed by atoms with Gasteiger partial charge in [-0.3, -0.25) is 9.69 Å². The molecule has 136 valence electrons. The second-order valence-corrected chi connectivity index (χ2v) is 7.49. The van der Waals surface area contributed by atoms with Crippen molar-refractivity contribution in [3.05, 3.63) is 83.9 Å². The molecule has 1 saturated heterocycles. The molecule has 1 fully saturated rings. The number of carbonyl (C=O) groups excluding carboxylic acids is 1. The van der Waals surface area contributed by atoms with Crippen molar-refractivity contribution < 1.29 is 4.79 Å². The van der Waals surface area contributed by atoms with Crippen molar-refractivity contribution in [2.75, 3.05) is 19.6 Å². The van der Waals surface area contributed by atoms with Crippen LogP contribution in [0.4, 0.5) is 0 Å². The van der Waals surface area contributed by atoms with Gasteiger partial charge in [-0.15, -0.1) is 6.58 Å². The van der Waals surface area contributed by atoms with E-state index in [1.807, 2.05) is 48.2 Å². The van der Waals surface area contributed by atoms with Gasteiger partial charge in [0.25, 0.3) is 5.91 Å². The number of amides is 1. The van der Waals surface area contributed by atoms with Crippen molar-refractivity contribution in [1.82, 2.24) is 9.80 Å². The van der Waals surface area contributed by atoms with E-state index in [0.29, 0.717) is 0 Å². The van der Waals surface area contributed by atoms with Gasteiger partial charge in [0.15, 0.2) is 0 Å². The molecular weight excluding hydrogens is 320 g/mol. The lowest BCUT2D eigenvalue weighted by Gasteiger charge is -2.49. The van der Waals surface area contributed by atoms with Crippen molar-refractivity contribution in [1.29, 1.82) is 0 Å². The summed E-state index contributed by atoms with van der Waals surface area (Å²) in [6.07, 6.45) is 2.83. The summed E-state index contributed by atoms with van der Waals surface area (Å²) in [5.41, 5.74) is 3.15. The Morgan fingerprint density at radius 2 is 1.81 bits per heavy atom. The van der Waals surface area contributed by atoms with Gasteiger partial charge < -0.3 is 4.90 Å². The number of hydrogen-bond donors (Lipinski definition) is 0. The molecule has 1 amide bonds. The molecule has 2 aromatic rings. The summed E-state index contributed by atoms with van der Waals surface area (Å²) >= 11 is 0. The lowest BCUT2D eigenvalue weighted by atomic mass is 9.91. The number of nitrogens with zero attached hydrogens (tertiary/aromatic N) is 2. The molecule has 0 unspecified atom stereocenters. The van der Waals surface area contributed by atoms with Gasteiger partial charge in [-0.05, 0) is 38.0 Å². The number of rotatable bonds is 5. The van der Waals surface area contributed by atoms with Crippen LogP contribution in [0.2, 0.25) is 0 Å². The van der Waals surface area contributed by atoms with Crippen LogP contribution in [0.15, 0.2) is 67.3 Å². The summed E-state index contributed by atoms with van der Waals surface area (Å²) < 4.78 is 0. The predicted molar refractivity (Wildman–Crippen MR) is 107 cm³/mol. The van der Waals surface area contributed by atoms with E-state index in [4.69, 9.17) is 0 Å². The molecule has 26 heavy (non-hydrogen) atoms. The zero-order valence-electron chi connectivity index (χ0n) is 15.8. The van der Waals surface area contributed by atoms with Gasteiger partial charge in [0.1, 0.15) is 0 Å². The normalized spacial score (nSPS) is 20.8. The van der Waals surface area contributed by atoms with Crippen molar-refractivity contribution in [3.8, 4) is 0 Å². The van der Waals surface area contributed by atoms with Crippen LogP contribution < -0.4 is 0 Å². The van der Waals surface area contributed by atoms with E-state index >= 15 is 0 Å². The van der Waals surface area contributed by atoms with Crippen molar-refractivity contribution >= 4 is 5.91 Å². The summed E-state index contributed by atoms with van der Waals surface area (Å²) in [7, 11) is 0. The Hall–Kier alpha value is -2.39. The Labute approximate surface area is 156 Å². The second kappa shape index (κ2) is 7.88. The van der Waals surface area contributed by atoms with Gasteiger partial charge in [-0.25, -0.2) is 0 Å². The third kappa shape index (κ3) is 4.05. The molecule has 0 spiro atoms. The van der Waals surface area contributed by atoms with E-state index in [1.165, 1.54) is 11.1 Å². The highest BCUT2D eigenvalue weighted by Crippen LogP contribution is 2.28. The van der Waals surface area contributed by atoms with Crippen LogP contribution >= 0.6 is 0 Å². The molecule has 2 aromatic carbocycles. The lowest BCUT2D eigenvalue weighted by Crippen LogP contribution is -2.61. The van der Waals surface area contributed by atoms with Crippen LogP contribution in [0.1, 0.15) is 34.8 Å². The fourth-order valence-corrected chi connectivity index (χ4v) is 3.73. The molecule has 0 N–H and O–H groups in total. The predicted octanol–water partition coefficient (Wildman–Crippen LogP) is 4.29. The zero-order chi connectivity index (χ0) is 18.6.